The molecule has 1 aliphatic rings. The summed E-state index contributed by atoms with van der Waals surface area (Å²) in [5.74, 6) is -1.27. The van der Waals surface area contributed by atoms with Crippen molar-refractivity contribution >= 4 is 17.4 Å². The number of likely N-dealkylation sites (tertiary alicyclic amines) is 1. The molecule has 0 aliphatic carbocycles. The molecule has 0 spiro atoms. The molecule has 2 heterocycles. The molecule has 1 aromatic heterocycles. The molecule has 174 valence electrons. The average Bonchev–Trinajstić information content (AvgIpc) is 3.08. The number of ketones is 1. The molecule has 0 bridgehead atoms. The van der Waals surface area contributed by atoms with Crippen LogP contribution in [0.4, 0.5) is 4.39 Å². The summed E-state index contributed by atoms with van der Waals surface area (Å²) in [4.78, 5) is 31.6. The van der Waals surface area contributed by atoms with Gasteiger partial charge in [-0.3, -0.25) is 14.6 Å². The van der Waals surface area contributed by atoms with Gasteiger partial charge in [0.1, 0.15) is 17.3 Å². The van der Waals surface area contributed by atoms with Crippen LogP contribution in [-0.2, 0) is 16.1 Å². The highest BCUT2D eigenvalue weighted by Crippen LogP contribution is 2.40. The van der Waals surface area contributed by atoms with Crippen LogP contribution in [-0.4, -0.2) is 33.3 Å². The highest BCUT2D eigenvalue weighted by Gasteiger charge is 2.46. The smallest absolute Gasteiger partial charge is 0.295 e. The van der Waals surface area contributed by atoms with Crippen LogP contribution in [0.5, 0.6) is 5.75 Å². The Hall–Kier alpha value is -4.00. The summed E-state index contributed by atoms with van der Waals surface area (Å²) in [5.41, 5.74) is 1.57. The standard InChI is InChI=1S/C27H25FN2O4/c1-17(2)16-34-22-11-7-20(8-12-22)25(31)23-24(19-5-9-21(28)10-6-19)30(27(33)26(23)32)15-18-4-3-13-29-14-18/h3-14,17,24,31H,15-16H2,1-2H3. The normalized spacial score (nSPS) is 17.4. The molecule has 7 heteroatoms. The molecule has 4 rings (SSSR count). The van der Waals surface area contributed by atoms with Gasteiger partial charge < -0.3 is 14.7 Å². The van der Waals surface area contributed by atoms with Crippen molar-refractivity contribution in [2.45, 2.75) is 26.4 Å². The largest absolute Gasteiger partial charge is 0.507 e. The Morgan fingerprint density at radius 3 is 2.41 bits per heavy atom. The van der Waals surface area contributed by atoms with E-state index < -0.39 is 23.5 Å². The van der Waals surface area contributed by atoms with E-state index in [0.29, 0.717) is 29.4 Å². The van der Waals surface area contributed by atoms with E-state index in [1.54, 1.807) is 48.8 Å². The Kier molecular flexibility index (Phi) is 6.72. The van der Waals surface area contributed by atoms with Crippen molar-refractivity contribution in [3.63, 3.8) is 0 Å². The summed E-state index contributed by atoms with van der Waals surface area (Å²) in [6, 6.07) is 14.9. The average molecular weight is 461 g/mol. The number of benzene rings is 2. The first-order valence-corrected chi connectivity index (χ1v) is 11.0. The predicted octanol–water partition coefficient (Wildman–Crippen LogP) is 4.88. The topological polar surface area (TPSA) is 79.7 Å². The van der Waals surface area contributed by atoms with E-state index in [0.717, 1.165) is 5.56 Å². The number of rotatable bonds is 7. The molecular formula is C27H25FN2O4. The zero-order chi connectivity index (χ0) is 24.2. The fraction of sp³-hybridized carbons (Fsp3) is 0.222. The Morgan fingerprint density at radius 2 is 1.79 bits per heavy atom. The van der Waals surface area contributed by atoms with Crippen LogP contribution < -0.4 is 4.74 Å². The summed E-state index contributed by atoms with van der Waals surface area (Å²) >= 11 is 0. The van der Waals surface area contributed by atoms with Gasteiger partial charge in [-0.2, -0.15) is 0 Å². The van der Waals surface area contributed by atoms with Crippen LogP contribution in [0.15, 0.2) is 78.6 Å². The fourth-order valence-electron chi connectivity index (χ4n) is 3.85. The summed E-state index contributed by atoms with van der Waals surface area (Å²) in [6.07, 6.45) is 3.22. The lowest BCUT2D eigenvalue weighted by atomic mass is 9.95. The number of pyridine rings is 1. The Bertz CT molecular complexity index is 1210. The number of aliphatic hydroxyl groups excluding tert-OH is 1. The molecule has 1 aliphatic heterocycles. The number of nitrogens with zero attached hydrogens (tertiary/aromatic N) is 2. The molecule has 3 aromatic rings. The van der Waals surface area contributed by atoms with Crippen LogP contribution in [0, 0.1) is 11.7 Å². The number of hydrogen-bond acceptors (Lipinski definition) is 5. The first-order chi connectivity index (χ1) is 16.3. The maximum absolute atomic E-state index is 13.6. The zero-order valence-electron chi connectivity index (χ0n) is 18.9. The summed E-state index contributed by atoms with van der Waals surface area (Å²) in [6.45, 7) is 4.74. The van der Waals surface area contributed by atoms with Crippen LogP contribution in [0.1, 0.15) is 36.6 Å². The molecule has 1 fully saturated rings. The van der Waals surface area contributed by atoms with E-state index in [4.69, 9.17) is 4.74 Å². The molecule has 2 aromatic carbocycles. The number of carbonyl (C=O) groups excluding carboxylic acids is 2. The second kappa shape index (κ2) is 9.87. The third kappa shape index (κ3) is 4.83. The number of aliphatic hydroxyl groups is 1. The van der Waals surface area contributed by atoms with Gasteiger partial charge in [0.15, 0.2) is 0 Å². The third-order valence-electron chi connectivity index (χ3n) is 5.51. The molecule has 6 nitrogen and oxygen atoms in total. The molecular weight excluding hydrogens is 435 g/mol. The predicted molar refractivity (Wildman–Crippen MR) is 125 cm³/mol. The van der Waals surface area contributed by atoms with E-state index >= 15 is 0 Å². The second-order valence-electron chi connectivity index (χ2n) is 8.57. The number of hydrogen-bond donors (Lipinski definition) is 1. The Morgan fingerprint density at radius 1 is 1.09 bits per heavy atom. The highest BCUT2D eigenvalue weighted by atomic mass is 19.1. The van der Waals surface area contributed by atoms with Crippen molar-refractivity contribution in [2.24, 2.45) is 5.92 Å². The van der Waals surface area contributed by atoms with Gasteiger partial charge in [-0.15, -0.1) is 0 Å². The molecule has 1 amide bonds. The van der Waals surface area contributed by atoms with Crippen LogP contribution in [0.25, 0.3) is 5.76 Å². The van der Waals surface area contributed by atoms with Crippen molar-refractivity contribution in [3.05, 3.63) is 101 Å². The Balaban J connectivity index is 1.75. The first kappa shape index (κ1) is 23.2. The minimum absolute atomic E-state index is 0.0450. The second-order valence-corrected chi connectivity index (χ2v) is 8.57. The van der Waals surface area contributed by atoms with Crippen LogP contribution >= 0.6 is 0 Å². The lowest BCUT2D eigenvalue weighted by Gasteiger charge is -2.25. The molecule has 34 heavy (non-hydrogen) atoms. The minimum atomic E-state index is -0.877. The SMILES string of the molecule is CC(C)COc1ccc(C(O)=C2C(=O)C(=O)N(Cc3cccnc3)C2c2ccc(F)cc2)cc1. The van der Waals surface area contributed by atoms with E-state index in [9.17, 15) is 19.1 Å². The molecule has 1 saturated heterocycles. The quantitative estimate of drug-likeness (QED) is 0.309. The highest BCUT2D eigenvalue weighted by molar-refractivity contribution is 6.46. The third-order valence-corrected chi connectivity index (χ3v) is 5.51. The number of Topliss-reactive ketones (excluding diaryl/α,β-unsaturated/α-hetero) is 1. The molecule has 1 atom stereocenters. The van der Waals surface area contributed by atoms with E-state index in [-0.39, 0.29) is 17.9 Å². The number of aromatic nitrogens is 1. The molecule has 1 N–H and O–H groups in total. The number of ether oxygens (including phenoxy) is 1. The molecule has 0 saturated carbocycles. The van der Waals surface area contributed by atoms with Gasteiger partial charge in [0, 0.05) is 24.5 Å². The minimum Gasteiger partial charge on any atom is -0.507 e. The van der Waals surface area contributed by atoms with Gasteiger partial charge in [0.05, 0.1) is 18.2 Å². The summed E-state index contributed by atoms with van der Waals surface area (Å²) in [7, 11) is 0. The number of carbonyl (C=O) groups is 2. The maximum atomic E-state index is 13.6. The monoisotopic (exact) mass is 460 g/mol. The first-order valence-electron chi connectivity index (χ1n) is 11.0. The van der Waals surface area contributed by atoms with Crippen molar-refractivity contribution in [1.29, 1.82) is 0 Å². The number of halogens is 1. The van der Waals surface area contributed by atoms with Gasteiger partial charge in [-0.1, -0.05) is 32.0 Å². The van der Waals surface area contributed by atoms with E-state index in [2.05, 4.69) is 4.98 Å². The lowest BCUT2D eigenvalue weighted by Crippen LogP contribution is -2.29. The van der Waals surface area contributed by atoms with Crippen molar-refractivity contribution in [1.82, 2.24) is 9.88 Å². The van der Waals surface area contributed by atoms with Gasteiger partial charge in [-0.25, -0.2) is 4.39 Å². The Labute approximate surface area is 197 Å². The van der Waals surface area contributed by atoms with E-state index in [1.807, 2.05) is 13.8 Å². The van der Waals surface area contributed by atoms with Crippen molar-refractivity contribution < 1.29 is 23.8 Å². The van der Waals surface area contributed by atoms with Gasteiger partial charge >= 0.3 is 0 Å². The zero-order valence-corrected chi connectivity index (χ0v) is 18.9. The van der Waals surface area contributed by atoms with Gasteiger partial charge in [0.2, 0.25) is 0 Å². The molecule has 0 radical (unpaired) electrons. The summed E-state index contributed by atoms with van der Waals surface area (Å²) in [5, 5.41) is 11.1. The van der Waals surface area contributed by atoms with Gasteiger partial charge in [0.25, 0.3) is 11.7 Å². The fourth-order valence-corrected chi connectivity index (χ4v) is 3.85. The van der Waals surface area contributed by atoms with E-state index in [1.165, 1.54) is 29.2 Å². The van der Waals surface area contributed by atoms with Crippen molar-refractivity contribution in [2.75, 3.05) is 6.61 Å². The number of amides is 1. The van der Waals surface area contributed by atoms with Gasteiger partial charge in [-0.05, 0) is 59.5 Å². The lowest BCUT2D eigenvalue weighted by molar-refractivity contribution is -0.140. The summed E-state index contributed by atoms with van der Waals surface area (Å²) < 4.78 is 19.3. The molecule has 1 unspecified atom stereocenters. The maximum Gasteiger partial charge on any atom is 0.295 e. The van der Waals surface area contributed by atoms with Crippen LogP contribution in [0.2, 0.25) is 0 Å². The van der Waals surface area contributed by atoms with Crippen molar-refractivity contribution in [3.8, 4) is 5.75 Å². The van der Waals surface area contributed by atoms with Crippen LogP contribution in [0.3, 0.4) is 0 Å².